The molecule has 21 heavy (non-hydrogen) atoms. The van der Waals surface area contributed by atoms with Crippen LogP contribution in [0.5, 0.6) is 0 Å². The van der Waals surface area contributed by atoms with Crippen LogP contribution in [-0.4, -0.2) is 35.0 Å². The minimum atomic E-state index is 0.420. The normalized spacial score (nSPS) is 19.9. The molecule has 0 spiro atoms. The molecule has 3 nitrogen and oxygen atoms in total. The van der Waals surface area contributed by atoms with Crippen molar-refractivity contribution in [3.63, 3.8) is 0 Å². The molecular weight excluding hydrogens is 280 g/mol. The summed E-state index contributed by atoms with van der Waals surface area (Å²) >= 11 is 2.09. The van der Waals surface area contributed by atoms with Gasteiger partial charge >= 0.3 is 0 Å². The lowest BCUT2D eigenvalue weighted by atomic mass is 10.1. The highest BCUT2D eigenvalue weighted by atomic mass is 32.2. The first-order valence-corrected chi connectivity index (χ1v) is 9.08. The van der Waals surface area contributed by atoms with Crippen LogP contribution in [0, 0.1) is 5.92 Å². The molecule has 1 N–H and O–H groups in total. The van der Waals surface area contributed by atoms with E-state index in [9.17, 15) is 0 Å². The predicted octanol–water partition coefficient (Wildman–Crippen LogP) is 3.74. The van der Waals surface area contributed by atoms with E-state index in [4.69, 9.17) is 4.42 Å². The predicted molar refractivity (Wildman–Crippen MR) is 91.7 cm³/mol. The van der Waals surface area contributed by atoms with Crippen molar-refractivity contribution in [3.8, 4) is 0 Å². The molecule has 1 aromatic rings. The molecule has 1 aromatic heterocycles. The van der Waals surface area contributed by atoms with E-state index in [1.807, 2.05) is 0 Å². The van der Waals surface area contributed by atoms with Crippen molar-refractivity contribution < 1.29 is 4.42 Å². The quantitative estimate of drug-likeness (QED) is 0.866. The molecule has 2 rings (SSSR count). The Morgan fingerprint density at radius 1 is 1.29 bits per heavy atom. The van der Waals surface area contributed by atoms with Crippen molar-refractivity contribution in [2.24, 2.45) is 5.92 Å². The molecule has 0 aliphatic carbocycles. The number of hydrogen-bond acceptors (Lipinski definition) is 4. The Morgan fingerprint density at radius 3 is 2.81 bits per heavy atom. The van der Waals surface area contributed by atoms with E-state index in [0.717, 1.165) is 37.7 Å². The molecular formula is C17H30N2OS. The summed E-state index contributed by atoms with van der Waals surface area (Å²) in [4.78, 5) is 2.52. The van der Waals surface area contributed by atoms with Gasteiger partial charge in [0.2, 0.25) is 0 Å². The Balaban J connectivity index is 1.79. The summed E-state index contributed by atoms with van der Waals surface area (Å²) in [7, 11) is 0. The van der Waals surface area contributed by atoms with E-state index < -0.39 is 0 Å². The summed E-state index contributed by atoms with van der Waals surface area (Å²) in [6.45, 7) is 14.3. The number of hydrogen-bond donors (Lipinski definition) is 1. The van der Waals surface area contributed by atoms with Crippen molar-refractivity contribution >= 4 is 11.8 Å². The van der Waals surface area contributed by atoms with Crippen LogP contribution in [0.25, 0.3) is 0 Å². The smallest absolute Gasteiger partial charge is 0.118 e. The van der Waals surface area contributed by atoms with Gasteiger partial charge in [-0.1, -0.05) is 27.7 Å². The van der Waals surface area contributed by atoms with E-state index in [2.05, 4.69) is 61.8 Å². The lowest BCUT2D eigenvalue weighted by molar-refractivity contribution is 0.250. The molecule has 0 bridgehead atoms. The van der Waals surface area contributed by atoms with E-state index in [-0.39, 0.29) is 0 Å². The average molecular weight is 311 g/mol. The SMILES string of the molecule is CC(C)CNCc1ccc(CN2CCSC(C)(C)CC2)o1. The van der Waals surface area contributed by atoms with Crippen LogP contribution in [0.1, 0.15) is 45.6 Å². The van der Waals surface area contributed by atoms with Gasteiger partial charge in [-0.05, 0) is 37.6 Å². The van der Waals surface area contributed by atoms with Gasteiger partial charge in [0.05, 0.1) is 13.1 Å². The van der Waals surface area contributed by atoms with Crippen LogP contribution in [0.15, 0.2) is 16.5 Å². The first kappa shape index (κ1) is 16.9. The minimum absolute atomic E-state index is 0.420. The molecule has 0 unspecified atom stereocenters. The summed E-state index contributed by atoms with van der Waals surface area (Å²) in [6, 6.07) is 4.24. The zero-order valence-electron chi connectivity index (χ0n) is 13.9. The highest BCUT2D eigenvalue weighted by Gasteiger charge is 2.23. The highest BCUT2D eigenvalue weighted by molar-refractivity contribution is 8.00. The summed E-state index contributed by atoms with van der Waals surface area (Å²) in [5, 5.41) is 3.43. The van der Waals surface area contributed by atoms with E-state index in [0.29, 0.717) is 10.7 Å². The number of nitrogens with zero attached hydrogens (tertiary/aromatic N) is 1. The second kappa shape index (κ2) is 7.70. The van der Waals surface area contributed by atoms with Crippen molar-refractivity contribution in [1.29, 1.82) is 0 Å². The van der Waals surface area contributed by atoms with E-state index >= 15 is 0 Å². The van der Waals surface area contributed by atoms with Gasteiger partial charge in [-0.3, -0.25) is 4.90 Å². The summed E-state index contributed by atoms with van der Waals surface area (Å²) in [5.41, 5.74) is 0. The molecule has 1 aliphatic rings. The second-order valence-electron chi connectivity index (χ2n) is 7.03. The standard InChI is InChI=1S/C17H30N2OS/c1-14(2)11-18-12-15-5-6-16(20-15)13-19-8-7-17(3,4)21-10-9-19/h5-6,14,18H,7-13H2,1-4H3. The topological polar surface area (TPSA) is 28.4 Å². The molecule has 0 saturated carbocycles. The third-order valence-electron chi connectivity index (χ3n) is 3.88. The zero-order chi connectivity index (χ0) is 15.3. The van der Waals surface area contributed by atoms with E-state index in [1.54, 1.807) is 0 Å². The van der Waals surface area contributed by atoms with Crippen LogP contribution in [0.2, 0.25) is 0 Å². The van der Waals surface area contributed by atoms with Crippen LogP contribution in [0.4, 0.5) is 0 Å². The summed E-state index contributed by atoms with van der Waals surface area (Å²) in [5.74, 6) is 4.05. The number of thioether (sulfide) groups is 1. The Labute approximate surface area is 133 Å². The molecule has 120 valence electrons. The molecule has 0 amide bonds. The lowest BCUT2D eigenvalue weighted by Gasteiger charge is -2.22. The van der Waals surface area contributed by atoms with Gasteiger partial charge in [0, 0.05) is 17.0 Å². The van der Waals surface area contributed by atoms with Gasteiger partial charge < -0.3 is 9.73 Å². The maximum absolute atomic E-state index is 5.95. The summed E-state index contributed by atoms with van der Waals surface area (Å²) in [6.07, 6.45) is 1.25. The maximum Gasteiger partial charge on any atom is 0.118 e. The van der Waals surface area contributed by atoms with Crippen molar-refractivity contribution in [2.75, 3.05) is 25.4 Å². The first-order chi connectivity index (χ1) is 9.94. The third-order valence-corrected chi connectivity index (χ3v) is 5.25. The van der Waals surface area contributed by atoms with Gasteiger partial charge in [-0.2, -0.15) is 11.8 Å². The Hall–Kier alpha value is -0.450. The molecule has 0 atom stereocenters. The van der Waals surface area contributed by atoms with Gasteiger partial charge in [0.1, 0.15) is 11.5 Å². The molecule has 0 radical (unpaired) electrons. The van der Waals surface area contributed by atoms with Gasteiger partial charge in [-0.15, -0.1) is 0 Å². The molecule has 0 aromatic carbocycles. The molecule has 1 saturated heterocycles. The molecule has 4 heteroatoms. The van der Waals surface area contributed by atoms with Crippen LogP contribution in [0.3, 0.4) is 0 Å². The highest BCUT2D eigenvalue weighted by Crippen LogP contribution is 2.31. The fourth-order valence-corrected chi connectivity index (χ4v) is 3.66. The van der Waals surface area contributed by atoms with Gasteiger partial charge in [0.25, 0.3) is 0 Å². The monoisotopic (exact) mass is 310 g/mol. The molecule has 1 aliphatic heterocycles. The van der Waals surface area contributed by atoms with Crippen LogP contribution in [-0.2, 0) is 13.1 Å². The second-order valence-corrected chi connectivity index (χ2v) is 8.83. The average Bonchev–Trinajstić information content (AvgIpc) is 2.75. The van der Waals surface area contributed by atoms with Crippen molar-refractivity contribution in [2.45, 2.75) is 52.0 Å². The van der Waals surface area contributed by atoms with Crippen molar-refractivity contribution in [1.82, 2.24) is 10.2 Å². The largest absolute Gasteiger partial charge is 0.463 e. The van der Waals surface area contributed by atoms with E-state index in [1.165, 1.54) is 18.7 Å². The summed E-state index contributed by atoms with van der Waals surface area (Å²) < 4.78 is 6.37. The van der Waals surface area contributed by atoms with Gasteiger partial charge in [-0.25, -0.2) is 0 Å². The minimum Gasteiger partial charge on any atom is -0.463 e. The third kappa shape index (κ3) is 6.05. The first-order valence-electron chi connectivity index (χ1n) is 8.09. The van der Waals surface area contributed by atoms with Crippen LogP contribution < -0.4 is 5.32 Å². The fourth-order valence-electron chi connectivity index (χ4n) is 2.53. The number of nitrogens with one attached hydrogen (secondary N) is 1. The lowest BCUT2D eigenvalue weighted by Crippen LogP contribution is -2.26. The Morgan fingerprint density at radius 2 is 2.05 bits per heavy atom. The van der Waals surface area contributed by atoms with Crippen LogP contribution >= 0.6 is 11.8 Å². The van der Waals surface area contributed by atoms with Crippen molar-refractivity contribution in [3.05, 3.63) is 23.7 Å². The number of furan rings is 1. The fraction of sp³-hybridized carbons (Fsp3) is 0.765. The molecule has 2 heterocycles. The number of rotatable bonds is 6. The van der Waals surface area contributed by atoms with Gasteiger partial charge in [0.15, 0.2) is 0 Å². The Kier molecular flexibility index (Phi) is 6.20. The Bertz CT molecular complexity index is 428. The maximum atomic E-state index is 5.95. The zero-order valence-corrected chi connectivity index (χ0v) is 14.8. The molecule has 1 fully saturated rings.